The zero-order chi connectivity index (χ0) is 22.1. The van der Waals surface area contributed by atoms with Gasteiger partial charge in [0.1, 0.15) is 5.54 Å². The Hall–Kier alpha value is -3.12. The minimum atomic E-state index is -0.387. The molecule has 5 rings (SSSR count). The summed E-state index contributed by atoms with van der Waals surface area (Å²) in [5, 5.41) is 1.96. The first-order valence-electron chi connectivity index (χ1n) is 11.1. The van der Waals surface area contributed by atoms with Crippen LogP contribution in [0.4, 0.5) is 0 Å². The smallest absolute Gasteiger partial charge is 0.263 e. The first kappa shape index (κ1) is 20.8. The predicted molar refractivity (Wildman–Crippen MR) is 131 cm³/mol. The SMILES string of the molecule is CN1CC(c2cccc(-c3ccccc3)c2)(C2CCN(C(=O)c3cccs3)CC2)N=C1N. The van der Waals surface area contributed by atoms with E-state index in [9.17, 15) is 4.79 Å². The Labute approximate surface area is 193 Å². The van der Waals surface area contributed by atoms with E-state index in [4.69, 9.17) is 10.7 Å². The van der Waals surface area contributed by atoms with Gasteiger partial charge in [-0.1, -0.05) is 54.6 Å². The summed E-state index contributed by atoms with van der Waals surface area (Å²) in [6.45, 7) is 2.27. The molecule has 1 fully saturated rings. The molecule has 164 valence electrons. The summed E-state index contributed by atoms with van der Waals surface area (Å²) in [4.78, 5) is 22.8. The second-order valence-corrected chi connectivity index (χ2v) is 9.69. The van der Waals surface area contributed by atoms with Crippen molar-refractivity contribution in [3.63, 3.8) is 0 Å². The van der Waals surface area contributed by atoms with E-state index in [-0.39, 0.29) is 11.4 Å². The summed E-state index contributed by atoms with van der Waals surface area (Å²) in [5.74, 6) is 1.06. The molecule has 1 unspecified atom stereocenters. The van der Waals surface area contributed by atoms with Crippen LogP contribution in [0.2, 0.25) is 0 Å². The van der Waals surface area contributed by atoms with E-state index in [1.807, 2.05) is 35.5 Å². The first-order chi connectivity index (χ1) is 15.6. The number of thiophene rings is 1. The van der Waals surface area contributed by atoms with Gasteiger partial charge in [0.2, 0.25) is 0 Å². The molecule has 2 aliphatic rings. The summed E-state index contributed by atoms with van der Waals surface area (Å²) >= 11 is 1.51. The van der Waals surface area contributed by atoms with E-state index >= 15 is 0 Å². The van der Waals surface area contributed by atoms with Crippen LogP contribution < -0.4 is 5.73 Å². The molecule has 3 aromatic rings. The van der Waals surface area contributed by atoms with Crippen LogP contribution in [-0.2, 0) is 5.54 Å². The fourth-order valence-electron chi connectivity index (χ4n) is 5.09. The van der Waals surface area contributed by atoms with Crippen LogP contribution in [0.3, 0.4) is 0 Å². The quantitative estimate of drug-likeness (QED) is 0.648. The average molecular weight is 445 g/mol. The van der Waals surface area contributed by atoms with Gasteiger partial charge in [-0.3, -0.25) is 4.79 Å². The first-order valence-corrected chi connectivity index (χ1v) is 12.0. The number of likely N-dealkylation sites (tertiary alicyclic amines) is 1. The number of likely N-dealkylation sites (N-methyl/N-ethyl adjacent to an activating group) is 1. The summed E-state index contributed by atoms with van der Waals surface area (Å²) in [6, 6.07) is 23.0. The van der Waals surface area contributed by atoms with Gasteiger partial charge < -0.3 is 15.5 Å². The highest BCUT2D eigenvalue weighted by atomic mass is 32.1. The van der Waals surface area contributed by atoms with Crippen molar-refractivity contribution < 1.29 is 4.79 Å². The molecule has 1 atom stereocenters. The lowest BCUT2D eigenvalue weighted by molar-refractivity contribution is 0.0639. The molecule has 2 aliphatic heterocycles. The van der Waals surface area contributed by atoms with Crippen LogP contribution in [0.5, 0.6) is 0 Å². The Kier molecular flexibility index (Phi) is 5.47. The van der Waals surface area contributed by atoms with Gasteiger partial charge in [0.15, 0.2) is 5.96 Å². The number of carbonyl (C=O) groups excluding carboxylic acids is 1. The van der Waals surface area contributed by atoms with E-state index in [1.165, 1.54) is 28.0 Å². The molecule has 0 saturated carbocycles. The fraction of sp³-hybridized carbons (Fsp3) is 0.308. The van der Waals surface area contributed by atoms with E-state index in [0.717, 1.165) is 37.4 Å². The third kappa shape index (κ3) is 3.69. The zero-order valence-electron chi connectivity index (χ0n) is 18.3. The molecule has 1 amide bonds. The van der Waals surface area contributed by atoms with E-state index < -0.39 is 0 Å². The largest absolute Gasteiger partial charge is 0.370 e. The second kappa shape index (κ2) is 8.43. The molecule has 0 radical (unpaired) electrons. The second-order valence-electron chi connectivity index (χ2n) is 8.74. The summed E-state index contributed by atoms with van der Waals surface area (Å²) < 4.78 is 0. The molecule has 32 heavy (non-hydrogen) atoms. The van der Waals surface area contributed by atoms with Gasteiger partial charge in [0.05, 0.1) is 11.4 Å². The number of hydrogen-bond donors (Lipinski definition) is 1. The maximum absolute atomic E-state index is 12.8. The van der Waals surface area contributed by atoms with E-state index in [2.05, 4.69) is 53.4 Å². The maximum Gasteiger partial charge on any atom is 0.263 e. The third-order valence-electron chi connectivity index (χ3n) is 6.84. The van der Waals surface area contributed by atoms with Crippen molar-refractivity contribution in [3.8, 4) is 11.1 Å². The predicted octanol–water partition coefficient (Wildman–Crippen LogP) is 4.42. The monoisotopic (exact) mass is 444 g/mol. The summed E-state index contributed by atoms with van der Waals surface area (Å²) in [6.07, 6.45) is 1.83. The van der Waals surface area contributed by atoms with Crippen LogP contribution in [0.25, 0.3) is 11.1 Å². The van der Waals surface area contributed by atoms with Crippen LogP contribution in [0, 0.1) is 5.92 Å². The molecular weight excluding hydrogens is 416 g/mol. The molecule has 6 heteroatoms. The summed E-state index contributed by atoms with van der Waals surface area (Å²) in [5.41, 5.74) is 9.50. The Morgan fingerprint density at radius 3 is 2.44 bits per heavy atom. The minimum Gasteiger partial charge on any atom is -0.370 e. The number of amides is 1. The molecule has 2 aromatic carbocycles. The van der Waals surface area contributed by atoms with Gasteiger partial charge in [0.25, 0.3) is 5.91 Å². The molecule has 1 aromatic heterocycles. The molecule has 1 saturated heterocycles. The molecule has 0 aliphatic carbocycles. The van der Waals surface area contributed by atoms with Crippen molar-refractivity contribution in [2.75, 3.05) is 26.7 Å². The van der Waals surface area contributed by atoms with Crippen molar-refractivity contribution in [2.45, 2.75) is 18.4 Å². The standard InChI is InChI=1S/C26H28N4OS/c1-29-18-26(28-25(29)27,22-10-5-9-20(17-22)19-7-3-2-4-8-19)21-12-14-30(15-13-21)24(31)23-11-6-16-32-23/h2-11,16-17,21H,12-15,18H2,1H3,(H2,27,28). The highest BCUT2D eigenvalue weighted by Crippen LogP contribution is 2.44. The van der Waals surface area contributed by atoms with Crippen molar-refractivity contribution >= 4 is 23.2 Å². The van der Waals surface area contributed by atoms with Crippen molar-refractivity contribution in [1.82, 2.24) is 9.80 Å². The van der Waals surface area contributed by atoms with Gasteiger partial charge in [0, 0.05) is 20.1 Å². The van der Waals surface area contributed by atoms with Crippen LogP contribution in [-0.4, -0.2) is 48.3 Å². The van der Waals surface area contributed by atoms with Gasteiger partial charge >= 0.3 is 0 Å². The van der Waals surface area contributed by atoms with Crippen LogP contribution in [0.15, 0.2) is 77.1 Å². The van der Waals surface area contributed by atoms with Gasteiger partial charge in [-0.05, 0) is 53.0 Å². The lowest BCUT2D eigenvalue weighted by Gasteiger charge is -2.41. The molecular formula is C26H28N4OS. The van der Waals surface area contributed by atoms with Crippen LogP contribution >= 0.6 is 11.3 Å². The maximum atomic E-state index is 12.8. The zero-order valence-corrected chi connectivity index (χ0v) is 19.1. The molecule has 2 N–H and O–H groups in total. The molecule has 3 heterocycles. The van der Waals surface area contributed by atoms with E-state index in [0.29, 0.717) is 11.9 Å². The Balaban J connectivity index is 1.44. The number of nitrogens with zero attached hydrogens (tertiary/aromatic N) is 3. The fourth-order valence-corrected chi connectivity index (χ4v) is 5.79. The number of hydrogen-bond acceptors (Lipinski definition) is 5. The topological polar surface area (TPSA) is 61.9 Å². The van der Waals surface area contributed by atoms with Gasteiger partial charge in [-0.2, -0.15) is 0 Å². The number of carbonyl (C=O) groups is 1. The molecule has 0 spiro atoms. The van der Waals surface area contributed by atoms with Crippen molar-refractivity contribution in [3.05, 3.63) is 82.6 Å². The van der Waals surface area contributed by atoms with Crippen molar-refractivity contribution in [1.29, 1.82) is 0 Å². The Bertz CT molecular complexity index is 1120. The lowest BCUT2D eigenvalue weighted by atomic mass is 9.73. The minimum absolute atomic E-state index is 0.144. The summed E-state index contributed by atoms with van der Waals surface area (Å²) in [7, 11) is 2.01. The number of nitrogens with two attached hydrogens (primary N) is 1. The number of benzene rings is 2. The number of rotatable bonds is 4. The average Bonchev–Trinajstić information content (AvgIpc) is 3.48. The third-order valence-corrected chi connectivity index (χ3v) is 7.70. The van der Waals surface area contributed by atoms with E-state index in [1.54, 1.807) is 0 Å². The molecule has 5 nitrogen and oxygen atoms in total. The lowest BCUT2D eigenvalue weighted by Crippen LogP contribution is -2.46. The van der Waals surface area contributed by atoms with Gasteiger partial charge in [-0.15, -0.1) is 11.3 Å². The van der Waals surface area contributed by atoms with Gasteiger partial charge in [-0.25, -0.2) is 4.99 Å². The number of guanidine groups is 1. The van der Waals surface area contributed by atoms with Crippen LogP contribution in [0.1, 0.15) is 28.1 Å². The Morgan fingerprint density at radius 2 is 1.78 bits per heavy atom. The number of aliphatic imine (C=N–C) groups is 1. The highest BCUT2D eigenvalue weighted by molar-refractivity contribution is 7.12. The van der Waals surface area contributed by atoms with Crippen molar-refractivity contribution in [2.24, 2.45) is 16.6 Å². The Morgan fingerprint density at radius 1 is 1.03 bits per heavy atom. The number of piperidine rings is 1. The molecule has 0 bridgehead atoms. The highest BCUT2D eigenvalue weighted by Gasteiger charge is 2.47. The normalized spacial score (nSPS) is 21.6.